The van der Waals surface area contributed by atoms with Crippen molar-refractivity contribution in [2.75, 3.05) is 26.4 Å². The fourth-order valence-corrected chi connectivity index (χ4v) is 6.01. The summed E-state index contributed by atoms with van der Waals surface area (Å²) in [6.45, 7) is 1.39. The molecular weight excluding hydrogens is 306 g/mol. The van der Waals surface area contributed by atoms with Crippen LogP contribution in [-0.4, -0.2) is 56.4 Å². The highest BCUT2D eigenvalue weighted by molar-refractivity contribution is 7.99. The average Bonchev–Trinajstić information content (AvgIpc) is 2.48. The maximum Gasteiger partial charge on any atom is 0.279 e. The topological polar surface area (TPSA) is 61.4 Å². The zero-order chi connectivity index (χ0) is 15.3. The number of thioether (sulfide) groups is 1. The van der Waals surface area contributed by atoms with Gasteiger partial charge in [0.05, 0.1) is 0 Å². The molecule has 0 amide bonds. The van der Waals surface area contributed by atoms with Crippen LogP contribution in [0.5, 0.6) is 0 Å². The molecule has 1 saturated heterocycles. The molecule has 0 radical (unpaired) electrons. The van der Waals surface area contributed by atoms with Gasteiger partial charge >= 0.3 is 0 Å². The molecule has 2 fully saturated rings. The van der Waals surface area contributed by atoms with E-state index in [2.05, 4.69) is 16.3 Å². The Morgan fingerprint density at radius 3 is 2.71 bits per heavy atom. The minimum atomic E-state index is -3.35. The van der Waals surface area contributed by atoms with E-state index in [1.54, 1.807) is 4.31 Å². The van der Waals surface area contributed by atoms with Gasteiger partial charge in [0, 0.05) is 30.4 Å². The van der Waals surface area contributed by atoms with Crippen LogP contribution < -0.4 is 10.0 Å². The average molecular weight is 336 g/mol. The van der Waals surface area contributed by atoms with Crippen LogP contribution in [0.2, 0.25) is 0 Å². The predicted octanol–water partition coefficient (Wildman–Crippen LogP) is 1.57. The van der Waals surface area contributed by atoms with Crippen molar-refractivity contribution in [1.29, 1.82) is 0 Å². The monoisotopic (exact) mass is 335 g/mol. The standard InChI is InChI=1S/C14H29N3O2S2/c1-15-11-13-7-3-4-9-17(13)21(18,19)16-12-6-5-8-14(10-12)20-2/h12-16H,3-11H2,1-2H3. The van der Waals surface area contributed by atoms with Crippen LogP contribution in [0.4, 0.5) is 0 Å². The number of piperidine rings is 1. The van der Waals surface area contributed by atoms with Gasteiger partial charge < -0.3 is 5.32 Å². The second kappa shape index (κ2) is 8.15. The summed E-state index contributed by atoms with van der Waals surface area (Å²) in [5, 5.41) is 3.72. The molecule has 0 aromatic rings. The van der Waals surface area contributed by atoms with E-state index in [-0.39, 0.29) is 12.1 Å². The minimum absolute atomic E-state index is 0.0983. The van der Waals surface area contributed by atoms with Gasteiger partial charge in [-0.3, -0.25) is 0 Å². The highest BCUT2D eigenvalue weighted by Crippen LogP contribution is 2.28. The van der Waals surface area contributed by atoms with Gasteiger partial charge in [-0.05, 0) is 45.4 Å². The Morgan fingerprint density at radius 1 is 1.19 bits per heavy atom. The Hall–Kier alpha value is 0.180. The van der Waals surface area contributed by atoms with Crippen LogP contribution in [0.25, 0.3) is 0 Å². The lowest BCUT2D eigenvalue weighted by Gasteiger charge is -2.37. The lowest BCUT2D eigenvalue weighted by molar-refractivity contribution is 0.243. The van der Waals surface area contributed by atoms with Crippen molar-refractivity contribution < 1.29 is 8.42 Å². The third-order valence-electron chi connectivity index (χ3n) is 4.60. The predicted molar refractivity (Wildman–Crippen MR) is 89.9 cm³/mol. The van der Waals surface area contributed by atoms with Crippen molar-refractivity contribution in [3.8, 4) is 0 Å². The summed E-state index contributed by atoms with van der Waals surface area (Å²) < 4.78 is 30.1. The highest BCUT2D eigenvalue weighted by atomic mass is 32.2. The first kappa shape index (κ1) is 17.5. The Morgan fingerprint density at radius 2 is 2.00 bits per heavy atom. The van der Waals surface area contributed by atoms with E-state index in [1.807, 2.05) is 18.8 Å². The molecule has 2 rings (SSSR count). The Labute approximate surface area is 133 Å². The van der Waals surface area contributed by atoms with E-state index in [0.717, 1.165) is 45.1 Å². The number of likely N-dealkylation sites (N-methyl/N-ethyl adjacent to an activating group) is 1. The molecule has 21 heavy (non-hydrogen) atoms. The van der Waals surface area contributed by atoms with Crippen molar-refractivity contribution in [3.63, 3.8) is 0 Å². The van der Waals surface area contributed by atoms with E-state index in [9.17, 15) is 8.42 Å². The fraction of sp³-hybridized carbons (Fsp3) is 1.00. The summed E-state index contributed by atoms with van der Waals surface area (Å²) in [6, 6.07) is 0.208. The fourth-order valence-electron chi connectivity index (χ4n) is 3.47. The highest BCUT2D eigenvalue weighted by Gasteiger charge is 2.34. The summed E-state index contributed by atoms with van der Waals surface area (Å²) in [5.41, 5.74) is 0. The molecule has 3 atom stereocenters. The maximum absolute atomic E-state index is 12.7. The molecule has 0 aromatic heterocycles. The van der Waals surface area contributed by atoms with Gasteiger partial charge in [-0.1, -0.05) is 12.8 Å². The van der Waals surface area contributed by atoms with E-state index in [0.29, 0.717) is 11.8 Å². The second-order valence-corrected chi connectivity index (χ2v) is 8.96. The van der Waals surface area contributed by atoms with Crippen molar-refractivity contribution in [2.24, 2.45) is 0 Å². The first-order valence-corrected chi connectivity index (χ1v) is 10.8. The lowest BCUT2D eigenvalue weighted by Crippen LogP contribution is -2.54. The van der Waals surface area contributed by atoms with Crippen LogP contribution in [0, 0.1) is 0 Å². The van der Waals surface area contributed by atoms with Gasteiger partial charge in [-0.2, -0.15) is 29.2 Å². The molecule has 3 unspecified atom stereocenters. The van der Waals surface area contributed by atoms with Crippen LogP contribution in [0.3, 0.4) is 0 Å². The van der Waals surface area contributed by atoms with E-state index in [1.165, 1.54) is 6.42 Å². The number of hydrogen-bond acceptors (Lipinski definition) is 4. The largest absolute Gasteiger partial charge is 0.318 e. The second-order valence-electron chi connectivity index (χ2n) is 6.16. The number of nitrogens with one attached hydrogen (secondary N) is 2. The van der Waals surface area contributed by atoms with Crippen LogP contribution in [0.15, 0.2) is 0 Å². The SMILES string of the molecule is CNCC1CCCCN1S(=O)(=O)NC1CCCC(SC)C1. The Bertz CT molecular complexity index is 414. The molecule has 1 saturated carbocycles. The molecular formula is C14H29N3O2S2. The molecule has 1 aliphatic heterocycles. The van der Waals surface area contributed by atoms with E-state index in [4.69, 9.17) is 0 Å². The summed E-state index contributed by atoms with van der Waals surface area (Å²) in [7, 11) is -1.47. The molecule has 0 spiro atoms. The van der Waals surface area contributed by atoms with Gasteiger partial charge in [-0.15, -0.1) is 0 Å². The summed E-state index contributed by atoms with van der Waals surface area (Å²) in [4.78, 5) is 0. The molecule has 0 aromatic carbocycles. The van der Waals surface area contributed by atoms with Crippen LogP contribution in [-0.2, 0) is 10.2 Å². The number of hydrogen-bond donors (Lipinski definition) is 2. The minimum Gasteiger partial charge on any atom is -0.318 e. The maximum atomic E-state index is 12.7. The van der Waals surface area contributed by atoms with Gasteiger partial charge in [0.2, 0.25) is 0 Å². The first-order valence-electron chi connectivity index (χ1n) is 8.03. The third kappa shape index (κ3) is 4.82. The molecule has 124 valence electrons. The van der Waals surface area contributed by atoms with E-state index >= 15 is 0 Å². The van der Waals surface area contributed by atoms with Gasteiger partial charge in [-0.25, -0.2) is 0 Å². The van der Waals surface area contributed by atoms with Crippen molar-refractivity contribution >= 4 is 22.0 Å². The zero-order valence-electron chi connectivity index (χ0n) is 13.2. The Kier molecular flexibility index (Phi) is 6.80. The first-order chi connectivity index (χ1) is 10.1. The van der Waals surface area contributed by atoms with Crippen LogP contribution in [0.1, 0.15) is 44.9 Å². The summed E-state index contributed by atoms with van der Waals surface area (Å²) >= 11 is 1.86. The Balaban J connectivity index is 1.99. The van der Waals surface area contributed by atoms with Gasteiger partial charge in [0.15, 0.2) is 0 Å². The van der Waals surface area contributed by atoms with E-state index < -0.39 is 10.2 Å². The molecule has 7 heteroatoms. The molecule has 5 nitrogen and oxygen atoms in total. The van der Waals surface area contributed by atoms with Gasteiger partial charge in [0.1, 0.15) is 0 Å². The number of nitrogens with zero attached hydrogens (tertiary/aromatic N) is 1. The quantitative estimate of drug-likeness (QED) is 0.773. The van der Waals surface area contributed by atoms with Crippen molar-refractivity contribution in [1.82, 2.24) is 14.3 Å². The molecule has 2 aliphatic rings. The molecule has 1 heterocycles. The summed E-state index contributed by atoms with van der Waals surface area (Å²) in [5.74, 6) is 0. The van der Waals surface area contributed by atoms with Crippen LogP contribution >= 0.6 is 11.8 Å². The van der Waals surface area contributed by atoms with Gasteiger partial charge in [0.25, 0.3) is 10.2 Å². The van der Waals surface area contributed by atoms with Crippen molar-refractivity contribution in [3.05, 3.63) is 0 Å². The smallest absolute Gasteiger partial charge is 0.279 e. The van der Waals surface area contributed by atoms with Crippen molar-refractivity contribution in [2.45, 2.75) is 62.3 Å². The summed E-state index contributed by atoms with van der Waals surface area (Å²) in [6.07, 6.45) is 9.44. The molecule has 2 N–H and O–H groups in total. The molecule has 0 bridgehead atoms. The number of rotatable bonds is 6. The third-order valence-corrected chi connectivity index (χ3v) is 7.42. The lowest BCUT2D eigenvalue weighted by atomic mass is 9.96. The zero-order valence-corrected chi connectivity index (χ0v) is 14.8. The molecule has 1 aliphatic carbocycles. The normalized spacial score (nSPS) is 32.2.